The number of aliphatic hydroxyl groups excluding tert-OH is 1. The van der Waals surface area contributed by atoms with Crippen molar-refractivity contribution in [1.82, 2.24) is 29.8 Å². The second kappa shape index (κ2) is 20.3. The van der Waals surface area contributed by atoms with Crippen LogP contribution in [0, 0.1) is 21.7 Å². The summed E-state index contributed by atoms with van der Waals surface area (Å²) < 4.78 is 26.6. The van der Waals surface area contributed by atoms with E-state index in [1.54, 1.807) is 7.11 Å². The highest BCUT2D eigenvalue weighted by molar-refractivity contribution is 5.95. The van der Waals surface area contributed by atoms with E-state index in [-0.39, 0.29) is 40.1 Å². The normalized spacial score (nSPS) is 18.4. The number of nitrogens with zero attached hydrogens (tertiary/aromatic N) is 5. The van der Waals surface area contributed by atoms with E-state index in [0.717, 1.165) is 117 Å². The highest BCUT2D eigenvalue weighted by Crippen LogP contribution is 2.42. The molecule has 64 heavy (non-hydrogen) atoms. The van der Waals surface area contributed by atoms with Crippen LogP contribution in [0.3, 0.4) is 0 Å². The number of nitrogens with one attached hydrogen (secondary N) is 1. The van der Waals surface area contributed by atoms with Gasteiger partial charge in [-0.25, -0.2) is 0 Å². The SMILES string of the molecule is CCn1nc(CC(C)(C)CO)c2c1C(=O)NCC1(CCOCC1)C2.CCn1nc(CC(C)(C)COCc2ccccc2)c2c1C(=O)N(Cc1ccc(OC)cc1)CC1(CCOCC1)C2. The number of aryl methyl sites for hydroxylation is 2. The number of rotatable bonds is 14. The molecule has 0 bridgehead atoms. The van der Waals surface area contributed by atoms with Gasteiger partial charge >= 0.3 is 0 Å². The van der Waals surface area contributed by atoms with Gasteiger partial charge in [0.25, 0.3) is 11.8 Å². The summed E-state index contributed by atoms with van der Waals surface area (Å²) in [5.41, 5.74) is 7.63. The van der Waals surface area contributed by atoms with E-state index in [0.29, 0.717) is 51.5 Å². The van der Waals surface area contributed by atoms with Gasteiger partial charge in [0, 0.05) is 76.9 Å². The van der Waals surface area contributed by atoms with Crippen molar-refractivity contribution in [2.24, 2.45) is 21.7 Å². The molecule has 2 spiro atoms. The fourth-order valence-electron chi connectivity index (χ4n) is 9.96. The van der Waals surface area contributed by atoms with Gasteiger partial charge in [-0.1, -0.05) is 70.2 Å². The minimum absolute atomic E-state index is 0.0178. The Labute approximate surface area is 380 Å². The average molecular weight is 881 g/mol. The maximum atomic E-state index is 14.3. The maximum absolute atomic E-state index is 14.3. The zero-order valence-corrected chi connectivity index (χ0v) is 39.5. The largest absolute Gasteiger partial charge is 0.497 e. The summed E-state index contributed by atoms with van der Waals surface area (Å²) in [4.78, 5) is 29.0. The molecular formula is C51H72N6O7. The maximum Gasteiger partial charge on any atom is 0.272 e. The van der Waals surface area contributed by atoms with Crippen LogP contribution in [-0.2, 0) is 66.1 Å². The second-order valence-electron chi connectivity index (χ2n) is 20.3. The molecule has 4 aromatic rings. The van der Waals surface area contributed by atoms with Crippen molar-refractivity contribution in [2.45, 2.75) is 119 Å². The van der Waals surface area contributed by atoms with Crippen LogP contribution in [0.4, 0.5) is 0 Å². The molecule has 8 rings (SSSR count). The Hall–Kier alpha value is -4.56. The molecule has 2 N–H and O–H groups in total. The zero-order chi connectivity index (χ0) is 45.5. The first kappa shape index (κ1) is 47.4. The number of carbonyl (C=O) groups excluding carboxylic acids is 2. The molecule has 4 aliphatic rings. The molecule has 2 aromatic carbocycles. The minimum atomic E-state index is -0.244. The van der Waals surface area contributed by atoms with Crippen molar-refractivity contribution in [3.05, 3.63) is 99.6 Å². The lowest BCUT2D eigenvalue weighted by atomic mass is 9.74. The van der Waals surface area contributed by atoms with Crippen molar-refractivity contribution in [1.29, 1.82) is 0 Å². The lowest BCUT2D eigenvalue weighted by Gasteiger charge is -2.39. The molecule has 0 saturated carbocycles. The zero-order valence-electron chi connectivity index (χ0n) is 39.5. The summed E-state index contributed by atoms with van der Waals surface area (Å²) in [6.45, 7) is 20.2. The van der Waals surface area contributed by atoms with Crippen molar-refractivity contribution >= 4 is 11.8 Å². The average Bonchev–Trinajstić information content (AvgIpc) is 3.72. The lowest BCUT2D eigenvalue weighted by molar-refractivity contribution is -0.00218. The first-order valence-corrected chi connectivity index (χ1v) is 23.5. The van der Waals surface area contributed by atoms with Crippen molar-refractivity contribution in [3.8, 4) is 5.75 Å². The smallest absolute Gasteiger partial charge is 0.272 e. The summed E-state index contributed by atoms with van der Waals surface area (Å²) in [5, 5.41) is 22.6. The predicted molar refractivity (Wildman–Crippen MR) is 246 cm³/mol. The Morgan fingerprint density at radius 3 is 1.91 bits per heavy atom. The van der Waals surface area contributed by atoms with Crippen LogP contribution in [-0.4, -0.2) is 101 Å². The molecular weight excluding hydrogens is 809 g/mol. The van der Waals surface area contributed by atoms with E-state index in [2.05, 4.69) is 50.4 Å². The number of benzene rings is 2. The molecule has 348 valence electrons. The van der Waals surface area contributed by atoms with Crippen LogP contribution < -0.4 is 10.1 Å². The van der Waals surface area contributed by atoms with Gasteiger partial charge in [-0.15, -0.1) is 0 Å². The molecule has 2 aromatic heterocycles. The van der Waals surface area contributed by atoms with E-state index in [9.17, 15) is 14.7 Å². The lowest BCUT2D eigenvalue weighted by Crippen LogP contribution is -2.43. The van der Waals surface area contributed by atoms with Crippen LogP contribution >= 0.6 is 0 Å². The molecule has 13 nitrogen and oxygen atoms in total. The minimum Gasteiger partial charge on any atom is -0.497 e. The Kier molecular flexibility index (Phi) is 15.0. The van der Waals surface area contributed by atoms with Gasteiger partial charge in [-0.3, -0.25) is 19.0 Å². The number of hydrogen-bond acceptors (Lipinski definition) is 9. The number of fused-ring (bicyclic) bond motifs is 2. The number of carbonyl (C=O) groups is 2. The Bertz CT molecular complexity index is 2180. The highest BCUT2D eigenvalue weighted by Gasteiger charge is 2.44. The van der Waals surface area contributed by atoms with Gasteiger partial charge in [0.05, 0.1) is 31.7 Å². The molecule has 4 aliphatic heterocycles. The van der Waals surface area contributed by atoms with E-state index < -0.39 is 0 Å². The number of amides is 2. The van der Waals surface area contributed by atoms with Gasteiger partial charge in [-0.05, 0) is 110 Å². The fourth-order valence-corrected chi connectivity index (χ4v) is 9.96. The standard InChI is InChI=1S/C33H43N3O4.C18H29N3O3/c1-5-36-30-28(29(34-36)20-32(2,3)24-40-22-26-9-7-6-8-10-26)19-33(15-17-39-18-16-33)23-35(31(30)37)21-25-11-13-27(38-4)14-12-25;1-4-21-15-13(14(20-21)10-17(2,3)12-22)9-18(11-19-16(15)23)5-7-24-8-6-18/h6-14H,5,15-24H2,1-4H3;22H,4-12H2,1-3H3,(H,19,23). The van der Waals surface area contributed by atoms with Crippen LogP contribution in [0.2, 0.25) is 0 Å². The number of aliphatic hydroxyl groups is 1. The van der Waals surface area contributed by atoms with Crippen molar-refractivity contribution < 1.29 is 33.6 Å². The summed E-state index contributed by atoms with van der Waals surface area (Å²) in [5.74, 6) is 0.877. The number of methoxy groups -OCH3 is 1. The summed E-state index contributed by atoms with van der Waals surface area (Å²) in [7, 11) is 1.67. The summed E-state index contributed by atoms with van der Waals surface area (Å²) in [6.07, 6.45) is 6.97. The van der Waals surface area contributed by atoms with Crippen LogP contribution in [0.15, 0.2) is 54.6 Å². The highest BCUT2D eigenvalue weighted by atomic mass is 16.5. The first-order valence-electron chi connectivity index (χ1n) is 23.5. The van der Waals surface area contributed by atoms with Crippen molar-refractivity contribution in [3.63, 3.8) is 0 Å². The first-order chi connectivity index (χ1) is 30.7. The van der Waals surface area contributed by atoms with E-state index in [1.165, 1.54) is 5.56 Å². The fraction of sp³-hybridized carbons (Fsp3) is 0.608. The molecule has 2 saturated heterocycles. The number of ether oxygens (including phenoxy) is 4. The molecule has 0 unspecified atom stereocenters. The number of aromatic nitrogens is 4. The van der Waals surface area contributed by atoms with E-state index >= 15 is 0 Å². The van der Waals surface area contributed by atoms with Crippen LogP contribution in [0.1, 0.15) is 122 Å². The second-order valence-corrected chi connectivity index (χ2v) is 20.3. The monoisotopic (exact) mass is 881 g/mol. The molecule has 0 atom stereocenters. The molecule has 13 heteroatoms. The van der Waals surface area contributed by atoms with E-state index in [1.807, 2.05) is 65.4 Å². The topological polar surface area (TPSA) is 142 Å². The van der Waals surface area contributed by atoms with E-state index in [4.69, 9.17) is 29.1 Å². The Balaban J connectivity index is 0.000000217. The van der Waals surface area contributed by atoms with Gasteiger partial charge < -0.3 is 34.3 Å². The quantitative estimate of drug-likeness (QED) is 0.134. The van der Waals surface area contributed by atoms with Gasteiger partial charge in [-0.2, -0.15) is 10.2 Å². The molecule has 2 amide bonds. The van der Waals surface area contributed by atoms with Gasteiger partial charge in [0.1, 0.15) is 17.1 Å². The molecule has 6 heterocycles. The van der Waals surface area contributed by atoms with Crippen LogP contribution in [0.25, 0.3) is 0 Å². The molecule has 0 aliphatic carbocycles. The molecule has 2 fully saturated rings. The third kappa shape index (κ3) is 11.1. The third-order valence-electron chi connectivity index (χ3n) is 13.8. The van der Waals surface area contributed by atoms with Crippen molar-refractivity contribution in [2.75, 3.05) is 59.8 Å². The summed E-state index contributed by atoms with van der Waals surface area (Å²) >= 11 is 0. The van der Waals surface area contributed by atoms with Gasteiger partial charge in [0.15, 0.2) is 0 Å². The third-order valence-corrected chi connectivity index (χ3v) is 13.8. The van der Waals surface area contributed by atoms with Crippen LogP contribution in [0.5, 0.6) is 5.75 Å². The Morgan fingerprint density at radius 1 is 0.750 bits per heavy atom. The number of hydrogen-bond donors (Lipinski definition) is 2. The predicted octanol–water partition coefficient (Wildman–Crippen LogP) is 7.24. The summed E-state index contributed by atoms with van der Waals surface area (Å²) in [6, 6.07) is 18.3. The molecule has 0 radical (unpaired) electrons. The Morgan fingerprint density at radius 2 is 1.31 bits per heavy atom. The van der Waals surface area contributed by atoms with Gasteiger partial charge in [0.2, 0.25) is 0 Å².